The molecular formula is C31H24O3. The van der Waals surface area contributed by atoms with Crippen molar-refractivity contribution in [2.45, 2.75) is 11.5 Å². The number of hydrogen-bond donors (Lipinski definition) is 0. The van der Waals surface area contributed by atoms with Gasteiger partial charge >= 0.3 is 0 Å². The van der Waals surface area contributed by atoms with Gasteiger partial charge in [0.25, 0.3) is 0 Å². The largest absolute Gasteiger partial charge is 0.364 e. The molecule has 0 fully saturated rings. The van der Waals surface area contributed by atoms with E-state index in [4.69, 9.17) is 4.74 Å². The molecule has 0 N–H and O–H groups in total. The molecule has 0 heterocycles. The summed E-state index contributed by atoms with van der Waals surface area (Å²) in [7, 11) is 1.60. The van der Waals surface area contributed by atoms with E-state index in [0.29, 0.717) is 11.1 Å². The molecule has 166 valence electrons. The predicted octanol–water partition coefficient (Wildman–Crippen LogP) is 5.40. The standard InChI is InChI=1S/C31H24O3/c1-34-31(24-18-10-4-11-19-24,25-20-12-5-13-21-25)28-27(29(32)30(28)33)26(22-14-6-2-7-15-22)23-16-8-3-9-17-23/h2-21,26H,1H3. The van der Waals surface area contributed by atoms with Crippen LogP contribution < -0.4 is 10.9 Å². The zero-order chi connectivity index (χ0) is 23.5. The Bertz CT molecular complexity index is 1370. The SMILES string of the molecule is COC(c1ccccc1)(c1ccccc1)c1c(C(c2ccccc2)c2ccccc2)c(=O)c1=O. The number of methoxy groups -OCH3 is 1. The van der Waals surface area contributed by atoms with Crippen molar-refractivity contribution in [2.75, 3.05) is 7.11 Å². The van der Waals surface area contributed by atoms with Crippen LogP contribution in [0, 0.1) is 0 Å². The summed E-state index contributed by atoms with van der Waals surface area (Å²) in [5.41, 5.74) is 2.23. The fourth-order valence-corrected chi connectivity index (χ4v) is 4.99. The van der Waals surface area contributed by atoms with Crippen LogP contribution in [0.2, 0.25) is 0 Å². The van der Waals surface area contributed by atoms with Gasteiger partial charge in [0.2, 0.25) is 10.9 Å². The summed E-state index contributed by atoms with van der Waals surface area (Å²) in [6.45, 7) is 0. The van der Waals surface area contributed by atoms with Gasteiger partial charge in [-0.05, 0) is 22.3 Å². The minimum absolute atomic E-state index is 0.385. The van der Waals surface area contributed by atoms with E-state index in [1.807, 2.05) is 121 Å². The molecule has 0 aromatic heterocycles. The van der Waals surface area contributed by atoms with Crippen LogP contribution in [0.25, 0.3) is 0 Å². The van der Waals surface area contributed by atoms with Crippen LogP contribution in [0.1, 0.15) is 39.3 Å². The van der Waals surface area contributed by atoms with Gasteiger partial charge in [0, 0.05) is 18.6 Å². The van der Waals surface area contributed by atoms with Crippen LogP contribution in [0.5, 0.6) is 0 Å². The Morgan fingerprint density at radius 2 is 0.941 bits per heavy atom. The van der Waals surface area contributed by atoms with Crippen molar-refractivity contribution in [3.63, 3.8) is 0 Å². The summed E-state index contributed by atoms with van der Waals surface area (Å²) in [6.07, 6.45) is 0. The second kappa shape index (κ2) is 9.05. The quantitative estimate of drug-likeness (QED) is 0.316. The first-order valence-electron chi connectivity index (χ1n) is 11.3. The molecule has 5 rings (SSSR count). The summed E-state index contributed by atoms with van der Waals surface area (Å²) in [6, 6.07) is 39.0. The van der Waals surface area contributed by atoms with Crippen LogP contribution in [0.3, 0.4) is 0 Å². The van der Waals surface area contributed by atoms with Gasteiger partial charge in [0.1, 0.15) is 5.60 Å². The highest BCUT2D eigenvalue weighted by Gasteiger charge is 2.46. The second-order valence-corrected chi connectivity index (χ2v) is 8.32. The summed E-state index contributed by atoms with van der Waals surface area (Å²) in [4.78, 5) is 26.7. The van der Waals surface area contributed by atoms with Crippen LogP contribution in [0.4, 0.5) is 0 Å². The van der Waals surface area contributed by atoms with Crippen LogP contribution in [-0.4, -0.2) is 7.11 Å². The van der Waals surface area contributed by atoms with Crippen LogP contribution >= 0.6 is 0 Å². The molecule has 0 saturated carbocycles. The van der Waals surface area contributed by atoms with E-state index in [0.717, 1.165) is 22.3 Å². The van der Waals surface area contributed by atoms with E-state index < -0.39 is 16.5 Å². The lowest BCUT2D eigenvalue weighted by Crippen LogP contribution is -2.50. The van der Waals surface area contributed by atoms with E-state index >= 15 is 0 Å². The molecule has 5 aromatic rings. The Balaban J connectivity index is 1.84. The predicted molar refractivity (Wildman–Crippen MR) is 135 cm³/mol. The van der Waals surface area contributed by atoms with Gasteiger partial charge in [0.15, 0.2) is 0 Å². The summed E-state index contributed by atoms with van der Waals surface area (Å²) >= 11 is 0. The maximum Gasteiger partial charge on any atom is 0.233 e. The van der Waals surface area contributed by atoms with E-state index in [1.165, 1.54) is 0 Å². The molecular weight excluding hydrogens is 420 g/mol. The van der Waals surface area contributed by atoms with Gasteiger partial charge < -0.3 is 4.74 Å². The Morgan fingerprint density at radius 1 is 0.559 bits per heavy atom. The number of hydrogen-bond acceptors (Lipinski definition) is 3. The number of benzene rings is 4. The van der Waals surface area contributed by atoms with Crippen LogP contribution in [0.15, 0.2) is 131 Å². The third-order valence-electron chi connectivity index (χ3n) is 6.52. The molecule has 3 nitrogen and oxygen atoms in total. The van der Waals surface area contributed by atoms with Gasteiger partial charge in [-0.15, -0.1) is 0 Å². The highest BCUT2D eigenvalue weighted by molar-refractivity contribution is 5.58. The summed E-state index contributed by atoms with van der Waals surface area (Å²) < 4.78 is 6.25. The molecule has 0 radical (unpaired) electrons. The fraction of sp³-hybridized carbons (Fsp3) is 0.0968. The highest BCUT2D eigenvalue weighted by Crippen LogP contribution is 2.43. The molecule has 3 heteroatoms. The van der Waals surface area contributed by atoms with E-state index in [2.05, 4.69) is 0 Å². The number of rotatable bonds is 7. The minimum atomic E-state index is -1.20. The van der Waals surface area contributed by atoms with Gasteiger partial charge in [0.05, 0.1) is 5.56 Å². The highest BCUT2D eigenvalue weighted by atomic mass is 16.5. The Kier molecular flexibility index (Phi) is 5.79. The maximum atomic E-state index is 13.4. The van der Waals surface area contributed by atoms with Gasteiger partial charge in [-0.1, -0.05) is 121 Å². The fourth-order valence-electron chi connectivity index (χ4n) is 4.99. The molecule has 0 bridgehead atoms. The topological polar surface area (TPSA) is 43.4 Å². The minimum Gasteiger partial charge on any atom is -0.364 e. The van der Waals surface area contributed by atoms with Crippen LogP contribution in [-0.2, 0) is 10.3 Å². The van der Waals surface area contributed by atoms with E-state index in [1.54, 1.807) is 7.11 Å². The van der Waals surface area contributed by atoms with Crippen molar-refractivity contribution in [1.82, 2.24) is 0 Å². The first-order valence-corrected chi connectivity index (χ1v) is 11.3. The lowest BCUT2D eigenvalue weighted by atomic mass is 9.70. The Labute approximate surface area is 198 Å². The van der Waals surface area contributed by atoms with Gasteiger partial charge in [-0.3, -0.25) is 9.59 Å². The zero-order valence-corrected chi connectivity index (χ0v) is 18.8. The second-order valence-electron chi connectivity index (χ2n) is 8.32. The van der Waals surface area contributed by atoms with Crippen molar-refractivity contribution in [1.29, 1.82) is 0 Å². The molecule has 0 aliphatic rings. The summed E-state index contributed by atoms with van der Waals surface area (Å²) in [5, 5.41) is 0. The molecule has 0 unspecified atom stereocenters. The first kappa shape index (κ1) is 21.7. The lowest BCUT2D eigenvalue weighted by molar-refractivity contribution is 0.0555. The average molecular weight is 445 g/mol. The lowest BCUT2D eigenvalue weighted by Gasteiger charge is -2.37. The van der Waals surface area contributed by atoms with E-state index in [9.17, 15) is 9.59 Å². The monoisotopic (exact) mass is 444 g/mol. The third kappa shape index (κ3) is 3.42. The molecule has 0 atom stereocenters. The van der Waals surface area contributed by atoms with Crippen molar-refractivity contribution >= 4 is 0 Å². The van der Waals surface area contributed by atoms with Crippen molar-refractivity contribution < 1.29 is 4.74 Å². The maximum absolute atomic E-state index is 13.4. The number of ether oxygens (including phenoxy) is 1. The van der Waals surface area contributed by atoms with Crippen molar-refractivity contribution in [2.24, 2.45) is 0 Å². The Morgan fingerprint density at radius 3 is 1.32 bits per heavy atom. The average Bonchev–Trinajstić information content (AvgIpc) is 2.92. The van der Waals surface area contributed by atoms with Crippen molar-refractivity contribution in [3.05, 3.63) is 175 Å². The van der Waals surface area contributed by atoms with E-state index in [-0.39, 0.29) is 5.92 Å². The molecule has 0 aliphatic heterocycles. The molecule has 0 saturated heterocycles. The third-order valence-corrected chi connectivity index (χ3v) is 6.52. The first-order chi connectivity index (χ1) is 16.7. The molecule has 0 amide bonds. The van der Waals surface area contributed by atoms with Gasteiger partial charge in [-0.25, -0.2) is 0 Å². The zero-order valence-electron chi connectivity index (χ0n) is 18.8. The molecule has 5 aromatic carbocycles. The summed E-state index contributed by atoms with van der Waals surface area (Å²) in [5.74, 6) is -0.385. The van der Waals surface area contributed by atoms with Gasteiger partial charge in [-0.2, -0.15) is 0 Å². The smallest absolute Gasteiger partial charge is 0.233 e. The van der Waals surface area contributed by atoms with Crippen molar-refractivity contribution in [3.8, 4) is 0 Å². The Hall–Kier alpha value is -4.08. The molecule has 0 spiro atoms. The molecule has 34 heavy (non-hydrogen) atoms. The molecule has 0 aliphatic carbocycles. The normalized spacial score (nSPS) is 11.7.